The van der Waals surface area contributed by atoms with E-state index in [2.05, 4.69) is 149 Å². The smallest absolute Gasteiger partial charge is 0.310 e. The molecule has 4 aliphatic rings. The van der Waals surface area contributed by atoms with Crippen LogP contribution >= 0.6 is 0 Å². The summed E-state index contributed by atoms with van der Waals surface area (Å²) in [6.07, 6.45) is 38.9. The third kappa shape index (κ3) is 24.3. The molecule has 4 heterocycles. The van der Waals surface area contributed by atoms with Gasteiger partial charge in [0.25, 0.3) is 0 Å². The Hall–Kier alpha value is -2.44. The Morgan fingerprint density at radius 1 is 0.316 bits per heavy atom. The second-order valence-corrected chi connectivity index (χ2v) is 35.7. The van der Waals surface area contributed by atoms with Crippen LogP contribution in [0.1, 0.15) is 395 Å². The average molecular weight is 1390 g/mol. The molecule has 0 aromatic heterocycles. The molecule has 0 aromatic carbocycles. The number of hydrogen-bond donors (Lipinski definition) is 4. The summed E-state index contributed by atoms with van der Waals surface area (Å²) in [5.74, 6) is -4.67. The monoisotopic (exact) mass is 1390 g/mol. The fourth-order valence-corrected chi connectivity index (χ4v) is 19.9. The Balaban J connectivity index is 0.000000514. The molecule has 4 unspecified atom stereocenters. The first-order valence-electron chi connectivity index (χ1n) is 40.5. The van der Waals surface area contributed by atoms with Gasteiger partial charge < -0.3 is 20.4 Å². The van der Waals surface area contributed by atoms with Crippen molar-refractivity contribution in [1.82, 2.24) is 20.3 Å². The third-order valence-corrected chi connectivity index (χ3v) is 24.5. The van der Waals surface area contributed by atoms with Gasteiger partial charge in [0.05, 0.1) is 43.7 Å². The van der Waals surface area contributed by atoms with Crippen LogP contribution in [0.25, 0.3) is 0 Å². The van der Waals surface area contributed by atoms with Crippen LogP contribution in [0.3, 0.4) is 0 Å². The van der Waals surface area contributed by atoms with Crippen LogP contribution < -0.4 is 0 Å². The van der Waals surface area contributed by atoms with Crippen LogP contribution in [0, 0.1) is 34.5 Å². The molecule has 0 amide bonds. The summed E-state index contributed by atoms with van der Waals surface area (Å²) < 4.78 is 0. The van der Waals surface area contributed by atoms with Gasteiger partial charge in [0, 0.05) is 50.7 Å². The highest BCUT2D eigenvalue weighted by Crippen LogP contribution is 2.63. The number of piperidine rings is 4. The van der Waals surface area contributed by atoms with Crippen molar-refractivity contribution in [3.05, 3.63) is 0 Å². The Bertz CT molecular complexity index is 2180. The maximum absolute atomic E-state index is 14.4. The standard InChI is InChI=1S/C44H84N2O6.C38H72N2O6/c1-11-13-15-17-22-26-34-51-45-40(3,4)32-29-36(42(45,7)8)44(39(49)50,31-25-21-19-20-24-28-38(47)48)37-30-33-41(5,6)46(43(37,9)10)52-35-27-23-18-16-14-12-2;1-11-13-15-17-19-21-27-45-39-34(3,4)25-23-30(36(39,7)8)38(33(43)44,29-32(41)42)31-24-26-35(5,6)40(37(31,9)10)46-28-22-20-18-16-14-12-2/h36-37H,11-35H2,1-10H3,(H,47,48)(H,49,50);30-31H,11-29H2,1-10H3,(H,41,42)(H,43,44). The third-order valence-electron chi connectivity index (χ3n) is 24.5. The van der Waals surface area contributed by atoms with Gasteiger partial charge in [-0.3, -0.25) is 38.5 Å². The molecular formula is C82H156N4O12. The first-order valence-corrected chi connectivity index (χ1v) is 40.5. The molecule has 16 heteroatoms. The van der Waals surface area contributed by atoms with Gasteiger partial charge in [-0.15, -0.1) is 0 Å². The lowest BCUT2D eigenvalue weighted by Gasteiger charge is -2.64. The Morgan fingerprint density at radius 3 is 0.776 bits per heavy atom. The number of carbonyl (C=O) groups is 4. The zero-order chi connectivity index (χ0) is 73.9. The summed E-state index contributed by atoms with van der Waals surface area (Å²) in [7, 11) is 0. The molecule has 0 saturated carbocycles. The Labute approximate surface area is 600 Å². The SMILES string of the molecule is CCCCCCCCON1C(C)(C)CCC(C(CC(=O)O)(C(=O)O)C2CCC(C)(C)N(OCCCCCCCC)C2(C)C)C1(C)C.CCCCCCCCON1C(C)(C)CCC(C(CCCCCCCC(=O)O)(C(=O)O)C2CCC(C)(C)N(OCCCCCCCC)C2(C)C)C1(C)C. The van der Waals surface area contributed by atoms with Gasteiger partial charge in [0.1, 0.15) is 0 Å². The van der Waals surface area contributed by atoms with Crippen molar-refractivity contribution >= 4 is 23.9 Å². The van der Waals surface area contributed by atoms with Gasteiger partial charge in [0.15, 0.2) is 0 Å². The van der Waals surface area contributed by atoms with E-state index in [-0.39, 0.29) is 40.4 Å². The van der Waals surface area contributed by atoms with Crippen molar-refractivity contribution in [2.45, 2.75) is 440 Å². The zero-order valence-corrected chi connectivity index (χ0v) is 67.3. The molecule has 0 radical (unpaired) electrons. The topological polar surface area (TPSA) is 199 Å². The quantitative estimate of drug-likeness (QED) is 0.0419. The summed E-state index contributed by atoms with van der Waals surface area (Å²) in [6.45, 7) is 46.4. The molecule has 4 aliphatic heterocycles. The van der Waals surface area contributed by atoms with Crippen molar-refractivity contribution in [3.8, 4) is 0 Å². The number of aliphatic carboxylic acids is 4. The lowest BCUT2D eigenvalue weighted by molar-refractivity contribution is -0.327. The van der Waals surface area contributed by atoms with Gasteiger partial charge in [-0.25, -0.2) is 0 Å². The summed E-state index contributed by atoms with van der Waals surface area (Å²) in [5, 5.41) is 51.2. The maximum atomic E-state index is 14.4. The van der Waals surface area contributed by atoms with E-state index in [4.69, 9.17) is 24.5 Å². The normalized spacial score (nSPS) is 24.8. The number of rotatable bonds is 48. The maximum Gasteiger partial charge on any atom is 0.310 e. The zero-order valence-electron chi connectivity index (χ0n) is 67.3. The number of hydroxylamine groups is 8. The summed E-state index contributed by atoms with van der Waals surface area (Å²) in [4.78, 5) is 78.7. The lowest BCUT2D eigenvalue weighted by atomic mass is 9.49. The first kappa shape index (κ1) is 89.8. The van der Waals surface area contributed by atoms with Gasteiger partial charge in [0.2, 0.25) is 0 Å². The molecule has 16 nitrogen and oxygen atoms in total. The molecule has 4 saturated heterocycles. The number of carboxylic acid groups (broad SMARTS) is 4. The van der Waals surface area contributed by atoms with Crippen LogP contribution in [0.2, 0.25) is 0 Å². The molecule has 4 fully saturated rings. The molecule has 98 heavy (non-hydrogen) atoms. The second-order valence-electron chi connectivity index (χ2n) is 35.7. The minimum Gasteiger partial charge on any atom is -0.481 e. The molecule has 4 atom stereocenters. The van der Waals surface area contributed by atoms with Crippen LogP contribution in [-0.2, 0) is 38.5 Å². The molecule has 0 aromatic rings. The van der Waals surface area contributed by atoms with E-state index in [1.165, 1.54) is 103 Å². The van der Waals surface area contributed by atoms with Gasteiger partial charge in [-0.2, -0.15) is 20.3 Å². The Morgan fingerprint density at radius 2 is 0.541 bits per heavy atom. The van der Waals surface area contributed by atoms with Gasteiger partial charge in [-0.05, 0) is 224 Å². The van der Waals surface area contributed by atoms with E-state index >= 15 is 0 Å². The molecule has 4 rings (SSSR count). The van der Waals surface area contributed by atoms with Crippen molar-refractivity contribution in [2.75, 3.05) is 26.4 Å². The minimum atomic E-state index is -1.52. The second kappa shape index (κ2) is 41.3. The highest BCUT2D eigenvalue weighted by Gasteiger charge is 2.69. The first-order chi connectivity index (χ1) is 45.8. The highest BCUT2D eigenvalue weighted by molar-refractivity contribution is 5.83. The van der Waals surface area contributed by atoms with Crippen LogP contribution in [0.5, 0.6) is 0 Å². The van der Waals surface area contributed by atoms with E-state index in [9.17, 15) is 34.5 Å². The number of nitrogens with zero attached hydrogens (tertiary/aromatic N) is 4. The van der Waals surface area contributed by atoms with E-state index in [1.807, 2.05) is 10.1 Å². The molecular weight excluding hydrogens is 1230 g/mol. The largest absolute Gasteiger partial charge is 0.481 e. The Kier molecular flexibility index (Phi) is 37.8. The highest BCUT2D eigenvalue weighted by atomic mass is 16.7. The van der Waals surface area contributed by atoms with Crippen molar-refractivity contribution in [2.24, 2.45) is 34.5 Å². The van der Waals surface area contributed by atoms with Crippen molar-refractivity contribution in [1.29, 1.82) is 0 Å². The van der Waals surface area contributed by atoms with E-state index in [1.54, 1.807) is 0 Å². The number of hydrogen-bond acceptors (Lipinski definition) is 12. The lowest BCUT2D eigenvalue weighted by Crippen LogP contribution is -2.72. The fraction of sp³-hybridized carbons (Fsp3) is 0.951. The minimum absolute atomic E-state index is 0.131. The summed E-state index contributed by atoms with van der Waals surface area (Å²) in [5.41, 5.74) is -6.04. The molecule has 4 N–H and O–H groups in total. The fourth-order valence-electron chi connectivity index (χ4n) is 19.9. The van der Waals surface area contributed by atoms with Crippen LogP contribution in [0.15, 0.2) is 0 Å². The molecule has 576 valence electrons. The summed E-state index contributed by atoms with van der Waals surface area (Å²) in [6, 6.07) is 0. The van der Waals surface area contributed by atoms with Crippen LogP contribution in [0.4, 0.5) is 0 Å². The van der Waals surface area contributed by atoms with E-state index in [0.29, 0.717) is 52.1 Å². The van der Waals surface area contributed by atoms with Crippen molar-refractivity contribution in [3.63, 3.8) is 0 Å². The average Bonchev–Trinajstić information content (AvgIpc) is 0.711. The molecule has 0 aliphatic carbocycles. The van der Waals surface area contributed by atoms with E-state index in [0.717, 1.165) is 116 Å². The molecule has 0 spiro atoms. The van der Waals surface area contributed by atoms with Gasteiger partial charge >= 0.3 is 23.9 Å². The predicted octanol–water partition coefficient (Wildman–Crippen LogP) is 21.7. The molecule has 0 bridgehead atoms. The number of carboxylic acids is 4. The van der Waals surface area contributed by atoms with E-state index < -0.39 is 75.1 Å². The number of unbranched alkanes of at least 4 members (excludes halogenated alkanes) is 24. The predicted molar refractivity (Wildman–Crippen MR) is 401 cm³/mol. The van der Waals surface area contributed by atoms with Crippen molar-refractivity contribution < 1.29 is 59.0 Å². The van der Waals surface area contributed by atoms with Crippen LogP contribution in [-0.4, -0.2) is 135 Å². The summed E-state index contributed by atoms with van der Waals surface area (Å²) >= 11 is 0. The van der Waals surface area contributed by atoms with Gasteiger partial charge in [-0.1, -0.05) is 182 Å².